The van der Waals surface area contributed by atoms with Crippen LogP contribution in [0.3, 0.4) is 0 Å². The lowest BCUT2D eigenvalue weighted by Gasteiger charge is -2.09. The Labute approximate surface area is 129 Å². The second-order valence-electron chi connectivity index (χ2n) is 3.89. The molecular formula is C13H12BrClN2OS. The van der Waals surface area contributed by atoms with Crippen molar-refractivity contribution in [3.05, 3.63) is 49.6 Å². The van der Waals surface area contributed by atoms with E-state index in [1.54, 1.807) is 36.6 Å². The van der Waals surface area contributed by atoms with Crippen LogP contribution in [0.4, 0.5) is 5.69 Å². The molecule has 0 unspecified atom stereocenters. The van der Waals surface area contributed by atoms with Gasteiger partial charge in [-0.25, -0.2) is 0 Å². The molecule has 100 valence electrons. The number of thiophene rings is 1. The van der Waals surface area contributed by atoms with E-state index in [9.17, 15) is 4.79 Å². The smallest absolute Gasteiger partial charge is 0.251 e. The first kappa shape index (κ1) is 14.4. The molecule has 0 saturated heterocycles. The number of rotatable bonds is 4. The standard InChI is InChI=1S/C13H12BrClN2OS/c1-16-13(18)9-2-3-10(15)11(5-9)17-6-8-4-12(14)19-7-8/h2-5,7,17H,6H2,1H3,(H,16,18). The zero-order valence-electron chi connectivity index (χ0n) is 10.2. The maximum Gasteiger partial charge on any atom is 0.251 e. The van der Waals surface area contributed by atoms with Crippen LogP contribution in [0.15, 0.2) is 33.4 Å². The third kappa shape index (κ3) is 3.72. The van der Waals surface area contributed by atoms with Gasteiger partial charge in [-0.3, -0.25) is 4.79 Å². The Morgan fingerprint density at radius 2 is 2.21 bits per heavy atom. The lowest BCUT2D eigenvalue weighted by Crippen LogP contribution is -2.17. The van der Waals surface area contributed by atoms with E-state index in [2.05, 4.69) is 31.9 Å². The van der Waals surface area contributed by atoms with Gasteiger partial charge in [0.2, 0.25) is 0 Å². The molecule has 0 spiro atoms. The third-order valence-electron chi connectivity index (χ3n) is 2.56. The molecule has 2 aromatic rings. The summed E-state index contributed by atoms with van der Waals surface area (Å²) in [7, 11) is 1.60. The maximum absolute atomic E-state index is 11.6. The van der Waals surface area contributed by atoms with Gasteiger partial charge in [0.05, 0.1) is 14.5 Å². The molecular weight excluding hydrogens is 348 g/mol. The van der Waals surface area contributed by atoms with Crippen molar-refractivity contribution in [1.82, 2.24) is 5.32 Å². The molecule has 2 rings (SSSR count). The molecule has 6 heteroatoms. The highest BCUT2D eigenvalue weighted by Crippen LogP contribution is 2.25. The van der Waals surface area contributed by atoms with E-state index in [-0.39, 0.29) is 5.91 Å². The highest BCUT2D eigenvalue weighted by molar-refractivity contribution is 9.11. The number of benzene rings is 1. The largest absolute Gasteiger partial charge is 0.380 e. The van der Waals surface area contributed by atoms with Gasteiger partial charge >= 0.3 is 0 Å². The van der Waals surface area contributed by atoms with E-state index >= 15 is 0 Å². The summed E-state index contributed by atoms with van der Waals surface area (Å²) in [5.41, 5.74) is 2.50. The van der Waals surface area contributed by atoms with Gasteiger partial charge in [0.15, 0.2) is 0 Å². The number of nitrogens with one attached hydrogen (secondary N) is 2. The highest BCUT2D eigenvalue weighted by atomic mass is 79.9. The van der Waals surface area contributed by atoms with Crippen LogP contribution in [0, 0.1) is 0 Å². The van der Waals surface area contributed by atoms with E-state index in [1.807, 2.05) is 6.07 Å². The van der Waals surface area contributed by atoms with E-state index in [4.69, 9.17) is 11.6 Å². The predicted octanol–water partition coefficient (Wildman–Crippen LogP) is 4.14. The molecule has 0 aliphatic heterocycles. The van der Waals surface area contributed by atoms with Gasteiger partial charge in [-0.1, -0.05) is 11.6 Å². The SMILES string of the molecule is CNC(=O)c1ccc(Cl)c(NCc2csc(Br)c2)c1. The second-order valence-corrected chi connectivity index (χ2v) is 6.58. The van der Waals surface area contributed by atoms with Crippen LogP contribution in [-0.2, 0) is 6.54 Å². The third-order valence-corrected chi connectivity index (χ3v) is 4.44. The number of hydrogen-bond acceptors (Lipinski definition) is 3. The minimum Gasteiger partial charge on any atom is -0.380 e. The van der Waals surface area contributed by atoms with Gasteiger partial charge in [0.25, 0.3) is 5.91 Å². The fourth-order valence-electron chi connectivity index (χ4n) is 1.58. The summed E-state index contributed by atoms with van der Waals surface area (Å²) in [4.78, 5) is 11.6. The van der Waals surface area contributed by atoms with Gasteiger partial charge in [-0.2, -0.15) is 0 Å². The van der Waals surface area contributed by atoms with Crippen LogP contribution in [0.2, 0.25) is 5.02 Å². The Bertz CT molecular complexity index is 600. The van der Waals surface area contributed by atoms with Crippen molar-refractivity contribution in [2.24, 2.45) is 0 Å². The van der Waals surface area contributed by atoms with Crippen LogP contribution in [0.5, 0.6) is 0 Å². The number of anilines is 1. The van der Waals surface area contributed by atoms with E-state index in [1.165, 1.54) is 5.56 Å². The van der Waals surface area contributed by atoms with E-state index < -0.39 is 0 Å². The minimum absolute atomic E-state index is 0.127. The van der Waals surface area contributed by atoms with Gasteiger partial charge in [-0.05, 0) is 51.1 Å². The number of amides is 1. The molecule has 1 aromatic heterocycles. The number of hydrogen-bond donors (Lipinski definition) is 2. The van der Waals surface area contributed by atoms with E-state index in [0.29, 0.717) is 17.1 Å². The molecule has 0 saturated carbocycles. The van der Waals surface area contributed by atoms with Crippen LogP contribution < -0.4 is 10.6 Å². The molecule has 0 atom stereocenters. The second kappa shape index (κ2) is 6.41. The summed E-state index contributed by atoms with van der Waals surface area (Å²) in [6.07, 6.45) is 0. The predicted molar refractivity (Wildman–Crippen MR) is 84.2 cm³/mol. The Hall–Kier alpha value is -1.04. The molecule has 0 bridgehead atoms. The average Bonchev–Trinajstić information content (AvgIpc) is 2.82. The zero-order valence-corrected chi connectivity index (χ0v) is 13.3. The molecule has 0 fully saturated rings. The molecule has 3 nitrogen and oxygen atoms in total. The lowest BCUT2D eigenvalue weighted by atomic mass is 10.2. The van der Waals surface area contributed by atoms with Gasteiger partial charge < -0.3 is 10.6 Å². The van der Waals surface area contributed by atoms with Crippen molar-refractivity contribution in [3.63, 3.8) is 0 Å². The number of carbonyl (C=O) groups is 1. The van der Waals surface area contributed by atoms with Crippen molar-refractivity contribution in [3.8, 4) is 0 Å². The molecule has 0 aliphatic carbocycles. The summed E-state index contributed by atoms with van der Waals surface area (Å²) < 4.78 is 1.09. The maximum atomic E-state index is 11.6. The normalized spacial score (nSPS) is 10.3. The average molecular weight is 360 g/mol. The first-order chi connectivity index (χ1) is 9.10. The van der Waals surface area contributed by atoms with Crippen LogP contribution >= 0.6 is 38.9 Å². The van der Waals surface area contributed by atoms with E-state index in [0.717, 1.165) is 9.47 Å². The quantitative estimate of drug-likeness (QED) is 0.861. The molecule has 0 radical (unpaired) electrons. The van der Waals surface area contributed by atoms with Crippen molar-refractivity contribution >= 4 is 50.5 Å². The Balaban J connectivity index is 2.12. The van der Waals surface area contributed by atoms with Crippen molar-refractivity contribution in [2.45, 2.75) is 6.54 Å². The topological polar surface area (TPSA) is 41.1 Å². The molecule has 1 aromatic carbocycles. The monoisotopic (exact) mass is 358 g/mol. The minimum atomic E-state index is -0.127. The highest BCUT2D eigenvalue weighted by Gasteiger charge is 2.07. The van der Waals surface area contributed by atoms with Crippen molar-refractivity contribution in [2.75, 3.05) is 12.4 Å². The van der Waals surface area contributed by atoms with Gasteiger partial charge in [-0.15, -0.1) is 11.3 Å². The lowest BCUT2D eigenvalue weighted by molar-refractivity contribution is 0.0963. The summed E-state index contributed by atoms with van der Waals surface area (Å²) in [5, 5.41) is 8.49. The van der Waals surface area contributed by atoms with Crippen LogP contribution in [-0.4, -0.2) is 13.0 Å². The summed E-state index contributed by atoms with van der Waals surface area (Å²) in [5.74, 6) is -0.127. The van der Waals surface area contributed by atoms with Gasteiger partial charge in [0, 0.05) is 19.2 Å². The Morgan fingerprint density at radius 1 is 1.42 bits per heavy atom. The zero-order chi connectivity index (χ0) is 13.8. The summed E-state index contributed by atoms with van der Waals surface area (Å²) in [6.45, 7) is 0.666. The first-order valence-corrected chi connectivity index (χ1v) is 7.63. The summed E-state index contributed by atoms with van der Waals surface area (Å²) in [6, 6.07) is 7.22. The molecule has 1 amide bonds. The molecule has 0 aliphatic rings. The fraction of sp³-hybridized carbons (Fsp3) is 0.154. The molecule has 19 heavy (non-hydrogen) atoms. The first-order valence-electron chi connectivity index (χ1n) is 5.58. The van der Waals surface area contributed by atoms with Crippen LogP contribution in [0.1, 0.15) is 15.9 Å². The van der Waals surface area contributed by atoms with Gasteiger partial charge in [0.1, 0.15) is 0 Å². The van der Waals surface area contributed by atoms with Crippen LogP contribution in [0.25, 0.3) is 0 Å². The fourth-order valence-corrected chi connectivity index (χ4v) is 2.98. The molecule has 1 heterocycles. The Morgan fingerprint density at radius 3 is 2.84 bits per heavy atom. The van der Waals surface area contributed by atoms with Crippen molar-refractivity contribution < 1.29 is 4.79 Å². The summed E-state index contributed by atoms with van der Waals surface area (Å²) >= 11 is 11.2. The molecule has 2 N–H and O–H groups in total. The van der Waals surface area contributed by atoms with Crippen molar-refractivity contribution in [1.29, 1.82) is 0 Å². The number of carbonyl (C=O) groups excluding carboxylic acids is 1. The number of halogens is 2. The Kier molecular flexibility index (Phi) is 4.85.